The normalized spacial score (nSPS) is 10.7. The molecule has 0 saturated carbocycles. The molecule has 4 aromatic rings. The van der Waals surface area contributed by atoms with Gasteiger partial charge in [0.2, 0.25) is 0 Å². The van der Waals surface area contributed by atoms with Gasteiger partial charge in [-0.1, -0.05) is 23.7 Å². The van der Waals surface area contributed by atoms with E-state index in [1.54, 1.807) is 38.5 Å². The van der Waals surface area contributed by atoms with Gasteiger partial charge in [0.1, 0.15) is 5.82 Å². The minimum Gasteiger partial charge on any atom is -0.493 e. The second-order valence-corrected chi connectivity index (χ2v) is 7.36. The summed E-state index contributed by atoms with van der Waals surface area (Å²) in [4.78, 5) is 20.4. The number of carbonyl (C=O) groups excluding carboxylic acids is 1. The Bertz CT molecular complexity index is 1210. The van der Waals surface area contributed by atoms with Gasteiger partial charge in [-0.15, -0.1) is 0 Å². The number of imidazole rings is 1. The van der Waals surface area contributed by atoms with Crippen molar-refractivity contribution >= 4 is 40.0 Å². The Hall–Kier alpha value is -3.71. The van der Waals surface area contributed by atoms with Crippen LogP contribution in [0.3, 0.4) is 0 Å². The number of H-pyrrole nitrogens is 1. The number of anilines is 2. The summed E-state index contributed by atoms with van der Waals surface area (Å²) in [6.07, 6.45) is 0. The van der Waals surface area contributed by atoms with Gasteiger partial charge >= 0.3 is 6.03 Å². The van der Waals surface area contributed by atoms with Crippen molar-refractivity contribution in [1.29, 1.82) is 0 Å². The van der Waals surface area contributed by atoms with Gasteiger partial charge in [-0.2, -0.15) is 0 Å². The molecule has 31 heavy (non-hydrogen) atoms. The van der Waals surface area contributed by atoms with Crippen LogP contribution >= 0.6 is 11.6 Å². The van der Waals surface area contributed by atoms with E-state index in [1.165, 1.54) is 0 Å². The fourth-order valence-corrected chi connectivity index (χ4v) is 3.32. The summed E-state index contributed by atoms with van der Waals surface area (Å²) in [7, 11) is 3.18. The maximum absolute atomic E-state index is 12.4. The lowest BCUT2D eigenvalue weighted by Crippen LogP contribution is -2.19. The predicted molar refractivity (Wildman–Crippen MR) is 123 cm³/mol. The summed E-state index contributed by atoms with van der Waals surface area (Å²) in [6, 6.07) is 16.0. The average molecular weight is 437 g/mol. The first-order valence-corrected chi connectivity index (χ1v) is 9.91. The third kappa shape index (κ3) is 4.41. The molecule has 0 aliphatic carbocycles. The second kappa shape index (κ2) is 8.57. The molecule has 0 saturated heterocycles. The summed E-state index contributed by atoms with van der Waals surface area (Å²) in [5.74, 6) is 1.90. The monoisotopic (exact) mass is 436 g/mol. The summed E-state index contributed by atoms with van der Waals surface area (Å²) >= 11 is 5.89. The lowest BCUT2D eigenvalue weighted by atomic mass is 10.1. The van der Waals surface area contributed by atoms with Crippen molar-refractivity contribution in [3.63, 3.8) is 0 Å². The summed E-state index contributed by atoms with van der Waals surface area (Å²) in [5.41, 5.74) is 4.66. The Labute approximate surface area is 184 Å². The zero-order chi connectivity index (χ0) is 22.0. The maximum Gasteiger partial charge on any atom is 0.323 e. The Kier molecular flexibility index (Phi) is 5.68. The fourth-order valence-electron chi connectivity index (χ4n) is 3.20. The highest BCUT2D eigenvalue weighted by Gasteiger charge is 2.13. The van der Waals surface area contributed by atoms with Crippen LogP contribution in [-0.4, -0.2) is 30.2 Å². The molecule has 0 bridgehead atoms. The van der Waals surface area contributed by atoms with Crippen LogP contribution in [-0.2, 0) is 0 Å². The number of rotatable bonds is 5. The van der Waals surface area contributed by atoms with Gasteiger partial charge in [-0.05, 0) is 42.8 Å². The van der Waals surface area contributed by atoms with Gasteiger partial charge in [0.15, 0.2) is 11.5 Å². The van der Waals surface area contributed by atoms with E-state index in [0.29, 0.717) is 33.7 Å². The molecule has 0 unspecified atom stereocenters. The molecule has 2 amide bonds. The van der Waals surface area contributed by atoms with Crippen LogP contribution in [0.4, 0.5) is 16.2 Å². The molecule has 4 rings (SSSR count). The van der Waals surface area contributed by atoms with Crippen LogP contribution in [0.15, 0.2) is 54.6 Å². The number of fused-ring (bicyclic) bond motifs is 1. The number of halogens is 1. The number of aromatic nitrogens is 2. The van der Waals surface area contributed by atoms with Gasteiger partial charge in [0.05, 0.1) is 25.3 Å². The van der Waals surface area contributed by atoms with Crippen molar-refractivity contribution in [2.75, 3.05) is 24.9 Å². The number of aromatic amines is 1. The molecule has 7 nitrogen and oxygen atoms in total. The number of urea groups is 1. The Morgan fingerprint density at radius 1 is 0.968 bits per heavy atom. The fraction of sp³-hybridized carbons (Fsp3) is 0.130. The lowest BCUT2D eigenvalue weighted by molar-refractivity contribution is 0.262. The molecule has 8 heteroatoms. The molecule has 0 fully saturated rings. The van der Waals surface area contributed by atoms with E-state index in [1.807, 2.05) is 37.3 Å². The minimum absolute atomic E-state index is 0.346. The number of amides is 2. The highest BCUT2D eigenvalue weighted by atomic mass is 35.5. The topological polar surface area (TPSA) is 88.3 Å². The van der Waals surface area contributed by atoms with Gasteiger partial charge in [-0.25, -0.2) is 9.78 Å². The van der Waals surface area contributed by atoms with Crippen LogP contribution in [0, 0.1) is 6.92 Å². The number of benzene rings is 3. The highest BCUT2D eigenvalue weighted by Crippen LogP contribution is 2.33. The van der Waals surface area contributed by atoms with Crippen molar-refractivity contribution in [3.8, 4) is 22.9 Å². The van der Waals surface area contributed by atoms with Gasteiger partial charge < -0.3 is 25.1 Å². The van der Waals surface area contributed by atoms with Crippen LogP contribution in [0.5, 0.6) is 11.5 Å². The first-order valence-electron chi connectivity index (χ1n) is 9.53. The minimum atomic E-state index is -0.346. The third-order valence-electron chi connectivity index (χ3n) is 4.85. The predicted octanol–water partition coefficient (Wildman–Crippen LogP) is 5.85. The standard InChI is InChI=1S/C23H21ClN4O3/c1-13-4-5-14(10-17(13)28-23(29)25-16-8-6-15(24)7-9-16)22-26-18-11-20(30-2)21(31-3)12-19(18)27-22/h4-12H,1-3H3,(H,26,27)(H2,25,28,29). The molecule has 1 aromatic heterocycles. The van der Waals surface area contributed by atoms with Crippen LogP contribution in [0.1, 0.15) is 5.56 Å². The zero-order valence-corrected chi connectivity index (χ0v) is 18.0. The molecule has 1 heterocycles. The largest absolute Gasteiger partial charge is 0.493 e. The number of hydrogen-bond acceptors (Lipinski definition) is 4. The van der Waals surface area contributed by atoms with E-state index in [4.69, 9.17) is 21.1 Å². The Morgan fingerprint density at radius 2 is 1.68 bits per heavy atom. The molecule has 158 valence electrons. The molecule has 0 spiro atoms. The third-order valence-corrected chi connectivity index (χ3v) is 5.10. The first-order chi connectivity index (χ1) is 15.0. The molecular weight excluding hydrogens is 416 g/mol. The van der Waals surface area contributed by atoms with E-state index in [0.717, 1.165) is 22.2 Å². The summed E-state index contributed by atoms with van der Waals surface area (Å²) in [5, 5.41) is 6.29. The van der Waals surface area contributed by atoms with E-state index in [-0.39, 0.29) is 6.03 Å². The number of hydrogen-bond donors (Lipinski definition) is 3. The maximum atomic E-state index is 12.4. The average Bonchev–Trinajstić information content (AvgIpc) is 3.18. The molecular formula is C23H21ClN4O3. The first kappa shape index (κ1) is 20.6. The molecule has 0 aliphatic rings. The van der Waals surface area contributed by atoms with Crippen LogP contribution in [0.25, 0.3) is 22.4 Å². The number of methoxy groups -OCH3 is 2. The smallest absolute Gasteiger partial charge is 0.323 e. The highest BCUT2D eigenvalue weighted by molar-refractivity contribution is 6.30. The van der Waals surface area contributed by atoms with Crippen LogP contribution < -0.4 is 20.1 Å². The van der Waals surface area contributed by atoms with E-state index in [9.17, 15) is 4.79 Å². The Morgan fingerprint density at radius 3 is 2.39 bits per heavy atom. The van der Waals surface area contributed by atoms with E-state index < -0.39 is 0 Å². The van der Waals surface area contributed by atoms with Crippen molar-refractivity contribution < 1.29 is 14.3 Å². The van der Waals surface area contributed by atoms with E-state index >= 15 is 0 Å². The van der Waals surface area contributed by atoms with Crippen molar-refractivity contribution in [2.24, 2.45) is 0 Å². The number of ether oxygens (including phenoxy) is 2. The van der Waals surface area contributed by atoms with Crippen molar-refractivity contribution in [3.05, 3.63) is 65.2 Å². The number of carbonyl (C=O) groups is 1. The molecule has 3 aromatic carbocycles. The van der Waals surface area contributed by atoms with Gasteiger partial charge in [0.25, 0.3) is 0 Å². The van der Waals surface area contributed by atoms with Gasteiger partial charge in [0, 0.05) is 34.1 Å². The lowest BCUT2D eigenvalue weighted by Gasteiger charge is -2.11. The SMILES string of the molecule is COc1cc2nc(-c3ccc(C)c(NC(=O)Nc4ccc(Cl)cc4)c3)[nH]c2cc1OC. The number of aryl methyl sites for hydroxylation is 1. The van der Waals surface area contributed by atoms with E-state index in [2.05, 4.69) is 20.6 Å². The molecule has 3 N–H and O–H groups in total. The molecule has 0 radical (unpaired) electrons. The summed E-state index contributed by atoms with van der Waals surface area (Å²) in [6.45, 7) is 1.93. The quantitative estimate of drug-likeness (QED) is 0.366. The number of nitrogens with one attached hydrogen (secondary N) is 3. The van der Waals surface area contributed by atoms with Crippen molar-refractivity contribution in [2.45, 2.75) is 6.92 Å². The van der Waals surface area contributed by atoms with Crippen molar-refractivity contribution in [1.82, 2.24) is 9.97 Å². The zero-order valence-electron chi connectivity index (χ0n) is 17.2. The summed E-state index contributed by atoms with van der Waals surface area (Å²) < 4.78 is 10.7. The van der Waals surface area contributed by atoms with Gasteiger partial charge in [-0.3, -0.25) is 0 Å². The second-order valence-electron chi connectivity index (χ2n) is 6.93. The number of nitrogens with zero attached hydrogens (tertiary/aromatic N) is 1. The molecule has 0 atom stereocenters. The molecule has 0 aliphatic heterocycles. The van der Waals surface area contributed by atoms with Crippen LogP contribution in [0.2, 0.25) is 5.02 Å². The Balaban J connectivity index is 1.59.